The number of amides is 3. The van der Waals surface area contributed by atoms with E-state index >= 15 is 0 Å². The van der Waals surface area contributed by atoms with Crippen LogP contribution in [0.25, 0.3) is 0 Å². The molecule has 0 spiro atoms. The second-order valence-electron chi connectivity index (χ2n) is 8.07. The van der Waals surface area contributed by atoms with Crippen LogP contribution in [0, 0.1) is 27.7 Å². The molecule has 2 aromatic rings. The number of hydrogen-bond acceptors (Lipinski definition) is 5. The molecule has 0 unspecified atom stereocenters. The molecule has 0 aliphatic carbocycles. The molecule has 2 aliphatic rings. The number of nitrogens with one attached hydrogen (secondary N) is 1. The third kappa shape index (κ3) is 2.93. The monoisotopic (exact) mass is 408 g/mol. The normalized spacial score (nSPS) is 20.0. The SMILES string of the molecule is Cc1cc(C)c(C(=O)CN2C(=O)N[C@@](C)(c3ccc4c(c3)OCO4)C2=O)c(C)c1C. The summed E-state index contributed by atoms with van der Waals surface area (Å²) in [6.07, 6.45) is 0. The first kappa shape index (κ1) is 19.9. The van der Waals surface area contributed by atoms with Crippen LogP contribution in [-0.4, -0.2) is 36.0 Å². The number of fused-ring (bicyclic) bond motifs is 1. The van der Waals surface area contributed by atoms with Crippen molar-refractivity contribution < 1.29 is 23.9 Å². The van der Waals surface area contributed by atoms with Gasteiger partial charge in [-0.3, -0.25) is 14.5 Å². The summed E-state index contributed by atoms with van der Waals surface area (Å²) in [5.74, 6) is 0.379. The lowest BCUT2D eigenvalue weighted by Gasteiger charge is -2.22. The van der Waals surface area contributed by atoms with Gasteiger partial charge < -0.3 is 14.8 Å². The minimum absolute atomic E-state index is 0.116. The molecule has 3 amide bonds. The lowest BCUT2D eigenvalue weighted by Crippen LogP contribution is -2.41. The van der Waals surface area contributed by atoms with Crippen LogP contribution in [0.15, 0.2) is 24.3 Å². The van der Waals surface area contributed by atoms with Crippen LogP contribution < -0.4 is 14.8 Å². The average Bonchev–Trinajstić information content (AvgIpc) is 3.24. The van der Waals surface area contributed by atoms with Gasteiger partial charge in [-0.2, -0.15) is 0 Å². The van der Waals surface area contributed by atoms with Crippen LogP contribution in [0.3, 0.4) is 0 Å². The Balaban J connectivity index is 1.62. The van der Waals surface area contributed by atoms with Gasteiger partial charge in [0, 0.05) is 5.56 Å². The van der Waals surface area contributed by atoms with Crippen molar-refractivity contribution in [2.24, 2.45) is 0 Å². The molecule has 1 saturated heterocycles. The first-order valence-corrected chi connectivity index (χ1v) is 9.78. The number of imide groups is 1. The first-order valence-electron chi connectivity index (χ1n) is 9.78. The Morgan fingerprint density at radius 2 is 1.73 bits per heavy atom. The van der Waals surface area contributed by atoms with Crippen molar-refractivity contribution in [3.63, 3.8) is 0 Å². The molecule has 0 radical (unpaired) electrons. The smallest absolute Gasteiger partial charge is 0.325 e. The van der Waals surface area contributed by atoms with Gasteiger partial charge in [-0.15, -0.1) is 0 Å². The molecular formula is C23H24N2O5. The van der Waals surface area contributed by atoms with Gasteiger partial charge in [0.25, 0.3) is 5.91 Å². The van der Waals surface area contributed by atoms with E-state index in [0.717, 1.165) is 27.2 Å². The Hall–Kier alpha value is -3.35. The van der Waals surface area contributed by atoms with E-state index in [0.29, 0.717) is 22.6 Å². The van der Waals surface area contributed by atoms with Crippen LogP contribution >= 0.6 is 0 Å². The minimum atomic E-state index is -1.29. The molecular weight excluding hydrogens is 384 g/mol. The average molecular weight is 408 g/mol. The molecule has 156 valence electrons. The predicted octanol–water partition coefficient (Wildman–Crippen LogP) is 3.30. The summed E-state index contributed by atoms with van der Waals surface area (Å²) in [5, 5.41) is 2.73. The van der Waals surface area contributed by atoms with E-state index in [4.69, 9.17) is 9.47 Å². The molecule has 1 fully saturated rings. The first-order chi connectivity index (χ1) is 14.1. The second-order valence-corrected chi connectivity index (χ2v) is 8.07. The van der Waals surface area contributed by atoms with Crippen molar-refractivity contribution in [3.05, 3.63) is 57.6 Å². The fourth-order valence-corrected chi connectivity index (χ4v) is 4.18. The second kappa shape index (κ2) is 6.86. The van der Waals surface area contributed by atoms with Gasteiger partial charge in [-0.1, -0.05) is 12.1 Å². The zero-order valence-electron chi connectivity index (χ0n) is 17.7. The Kier molecular flexibility index (Phi) is 4.56. The molecule has 2 aromatic carbocycles. The maximum Gasteiger partial charge on any atom is 0.325 e. The number of benzene rings is 2. The molecule has 0 aromatic heterocycles. The highest BCUT2D eigenvalue weighted by atomic mass is 16.7. The molecule has 7 heteroatoms. The van der Waals surface area contributed by atoms with E-state index in [1.165, 1.54) is 0 Å². The van der Waals surface area contributed by atoms with Crippen molar-refractivity contribution in [1.82, 2.24) is 10.2 Å². The topological polar surface area (TPSA) is 84.9 Å². The highest BCUT2D eigenvalue weighted by molar-refractivity contribution is 6.12. The van der Waals surface area contributed by atoms with Crippen LogP contribution in [0.5, 0.6) is 11.5 Å². The van der Waals surface area contributed by atoms with Gasteiger partial charge in [0.1, 0.15) is 5.54 Å². The van der Waals surface area contributed by atoms with Crippen molar-refractivity contribution >= 4 is 17.7 Å². The Morgan fingerprint density at radius 1 is 1.03 bits per heavy atom. The largest absolute Gasteiger partial charge is 0.454 e. The highest BCUT2D eigenvalue weighted by Gasteiger charge is 2.50. The maximum atomic E-state index is 13.2. The fraction of sp³-hybridized carbons (Fsp3) is 0.348. The van der Waals surface area contributed by atoms with Gasteiger partial charge in [0.15, 0.2) is 17.3 Å². The van der Waals surface area contributed by atoms with Gasteiger partial charge in [-0.05, 0) is 74.6 Å². The zero-order chi connectivity index (χ0) is 21.8. The van der Waals surface area contributed by atoms with E-state index in [-0.39, 0.29) is 19.1 Å². The summed E-state index contributed by atoms with van der Waals surface area (Å²) in [7, 11) is 0. The predicted molar refractivity (Wildman–Crippen MR) is 110 cm³/mol. The van der Waals surface area contributed by atoms with Crippen LogP contribution in [-0.2, 0) is 10.3 Å². The molecule has 1 N–H and O–H groups in total. The Morgan fingerprint density at radius 3 is 2.47 bits per heavy atom. The van der Waals surface area contributed by atoms with E-state index < -0.39 is 17.5 Å². The van der Waals surface area contributed by atoms with Gasteiger partial charge in [0.05, 0.1) is 6.54 Å². The third-order valence-corrected chi connectivity index (χ3v) is 6.16. The summed E-state index contributed by atoms with van der Waals surface area (Å²) in [6.45, 7) is 9.16. The molecule has 0 bridgehead atoms. The number of ketones is 1. The Bertz CT molecular complexity index is 1110. The van der Waals surface area contributed by atoms with E-state index in [1.54, 1.807) is 25.1 Å². The van der Waals surface area contributed by atoms with Gasteiger partial charge >= 0.3 is 6.03 Å². The number of hydrogen-bond donors (Lipinski definition) is 1. The molecule has 1 atom stereocenters. The molecule has 7 nitrogen and oxygen atoms in total. The number of aryl methyl sites for hydroxylation is 2. The number of carbonyl (C=O) groups excluding carboxylic acids is 3. The summed E-state index contributed by atoms with van der Waals surface area (Å²) in [6, 6.07) is 6.47. The van der Waals surface area contributed by atoms with E-state index in [2.05, 4.69) is 5.32 Å². The number of ether oxygens (including phenoxy) is 2. The molecule has 30 heavy (non-hydrogen) atoms. The summed E-state index contributed by atoms with van der Waals surface area (Å²) in [4.78, 5) is 39.9. The maximum absolute atomic E-state index is 13.2. The number of Topliss-reactive ketones (excluding diaryl/α,β-unsaturated/α-hetero) is 1. The summed E-state index contributed by atoms with van der Waals surface area (Å²) in [5.41, 5.74) is 3.70. The van der Waals surface area contributed by atoms with E-state index in [1.807, 2.05) is 33.8 Å². The standard InChI is InChI=1S/C23H24N2O5/c1-12-8-13(2)20(15(4)14(12)3)17(26)10-25-21(27)23(5,24-22(25)28)16-6-7-18-19(9-16)30-11-29-18/h6-9H,10-11H2,1-5H3,(H,24,28)/t23-/m0/s1. The van der Waals surface area contributed by atoms with Gasteiger partial charge in [-0.25, -0.2) is 4.79 Å². The van der Waals surface area contributed by atoms with Crippen molar-refractivity contribution in [2.45, 2.75) is 40.2 Å². The van der Waals surface area contributed by atoms with Crippen molar-refractivity contribution in [2.75, 3.05) is 13.3 Å². The van der Waals surface area contributed by atoms with Crippen LogP contribution in [0.2, 0.25) is 0 Å². The molecule has 2 heterocycles. The molecule has 0 saturated carbocycles. The van der Waals surface area contributed by atoms with Crippen molar-refractivity contribution in [3.8, 4) is 11.5 Å². The lowest BCUT2D eigenvalue weighted by molar-refractivity contribution is -0.130. The van der Waals surface area contributed by atoms with Crippen molar-refractivity contribution in [1.29, 1.82) is 0 Å². The number of carbonyl (C=O) groups is 3. The zero-order valence-corrected chi connectivity index (χ0v) is 17.7. The number of nitrogens with zero attached hydrogens (tertiary/aromatic N) is 1. The number of rotatable bonds is 4. The van der Waals surface area contributed by atoms with E-state index in [9.17, 15) is 14.4 Å². The summed E-state index contributed by atoms with van der Waals surface area (Å²) >= 11 is 0. The lowest BCUT2D eigenvalue weighted by atomic mass is 9.90. The molecule has 4 rings (SSSR count). The third-order valence-electron chi connectivity index (χ3n) is 6.16. The Labute approximate surface area is 175 Å². The molecule has 2 aliphatic heterocycles. The fourth-order valence-electron chi connectivity index (χ4n) is 4.18. The summed E-state index contributed by atoms with van der Waals surface area (Å²) < 4.78 is 10.7. The minimum Gasteiger partial charge on any atom is -0.454 e. The quantitative estimate of drug-likeness (QED) is 0.620. The number of urea groups is 1. The van der Waals surface area contributed by atoms with Crippen LogP contribution in [0.4, 0.5) is 4.79 Å². The van der Waals surface area contributed by atoms with Gasteiger partial charge in [0.2, 0.25) is 6.79 Å². The van der Waals surface area contributed by atoms with Crippen LogP contribution in [0.1, 0.15) is 45.1 Å². The highest BCUT2D eigenvalue weighted by Crippen LogP contribution is 2.38.